The number of nitrogens with two attached hydrogens (primary N) is 1. The maximum Gasteiger partial charge on any atom is 0.534 e. The number of aromatic hydroxyl groups is 1. The molecule has 4 N–H and O–H groups in total. The number of thiocarbonyl (C=S) groups is 1. The first-order chi connectivity index (χ1) is 54.2. The molecule has 594 valence electrons. The number of carbonyl (C=O) groups excluding carboxylic acids is 2. The van der Waals surface area contributed by atoms with Crippen molar-refractivity contribution in [1.82, 2.24) is 54.4 Å². The van der Waals surface area contributed by atoms with Crippen molar-refractivity contribution in [3.63, 3.8) is 0 Å². The third kappa shape index (κ3) is 21.8. The second-order valence-electron chi connectivity index (χ2n) is 25.8. The molecule has 114 heavy (non-hydrogen) atoms. The number of hydrogen-bond donors (Lipinski definition) is 3. The maximum atomic E-state index is 14.8. The van der Waals surface area contributed by atoms with Crippen molar-refractivity contribution >= 4 is 112 Å². The van der Waals surface area contributed by atoms with E-state index < -0.39 is 56.5 Å². The van der Waals surface area contributed by atoms with E-state index in [9.17, 15) is 53.8 Å². The van der Waals surface area contributed by atoms with E-state index in [1.54, 1.807) is 130 Å². The number of hydrogen-bond acceptors (Lipinski definition) is 24. The molecule has 36 heteroatoms. The number of H-pyrrole nitrogens is 1. The molecule has 11 aromatic heterocycles. The predicted octanol–water partition coefficient (Wildman–Crippen LogP) is 18.6. The average Bonchev–Trinajstić information content (AvgIpc) is 1.60. The van der Waals surface area contributed by atoms with Crippen molar-refractivity contribution in [3.05, 3.63) is 242 Å². The van der Waals surface area contributed by atoms with Crippen LogP contribution in [0, 0.1) is 51.0 Å². The molecule has 0 radical (unpaired) electrons. The number of nitrogens with zero attached hydrogens (tertiary/aromatic N) is 12. The summed E-state index contributed by atoms with van der Waals surface area (Å²) >= 11 is 13.5. The van der Waals surface area contributed by atoms with Crippen LogP contribution in [0.5, 0.6) is 11.8 Å². The zero-order valence-corrected chi connectivity index (χ0v) is 68.7. The predicted molar refractivity (Wildman–Crippen MR) is 435 cm³/mol. The minimum atomic E-state index is -5.71. The number of rotatable bonds is 12. The fraction of sp³-hybridized carbons (Fsp3) is 0.231. The highest BCUT2D eigenvalue weighted by Crippen LogP contribution is 2.41. The second-order valence-corrected chi connectivity index (χ2v) is 33.9. The summed E-state index contributed by atoms with van der Waals surface area (Å²) in [5.41, 5.74) is 7.54. The summed E-state index contributed by atoms with van der Waals surface area (Å²) in [5.74, 6) is -1.44. The van der Waals surface area contributed by atoms with Crippen molar-refractivity contribution in [3.8, 4) is 76.6 Å². The first kappa shape index (κ1) is 85.7. The van der Waals surface area contributed by atoms with Crippen LogP contribution < -0.4 is 19.7 Å². The van der Waals surface area contributed by atoms with Crippen molar-refractivity contribution < 1.29 is 67.5 Å². The molecule has 1 atom stereocenters. The molecule has 13 heterocycles. The van der Waals surface area contributed by atoms with Crippen LogP contribution in [-0.4, -0.2) is 121 Å². The molecule has 22 nitrogen and oxygen atoms in total. The number of carbonyl (C=O) groups is 2. The Morgan fingerprint density at radius 1 is 0.596 bits per heavy atom. The SMILES string of the molecule is COC(=O)C(C)Br.Cc1sc(-c2ccncc2)nc1N1CCc2[nH]c(-c3c(F)cccc3F)cc2C1.Cc1sc(-c2ccncc2)nc1N1CCc2c(cc(-c3c(F)cccc3F)n2C(=O)OC(C)(C)C)C1.Cc1sc(-c2ccncc2)nc1O.Cc1sc(-c2ccncc2)nc1OS(=O)(=O)C(F)(F)F.NC(=S)c1ccncc1. The van der Waals surface area contributed by atoms with Gasteiger partial charge in [-0.25, -0.2) is 46.9 Å². The van der Waals surface area contributed by atoms with Crippen LogP contribution in [0.2, 0.25) is 0 Å². The maximum absolute atomic E-state index is 14.8. The Balaban J connectivity index is 0.000000157. The summed E-state index contributed by atoms with van der Waals surface area (Å²) in [7, 11) is -4.35. The van der Waals surface area contributed by atoms with Gasteiger partial charge >= 0.3 is 27.7 Å². The van der Waals surface area contributed by atoms with E-state index in [-0.39, 0.29) is 38.4 Å². The summed E-state index contributed by atoms with van der Waals surface area (Å²) in [6.45, 7) is 16.9. The van der Waals surface area contributed by atoms with E-state index in [4.69, 9.17) is 32.7 Å². The molecule has 0 saturated carbocycles. The molecule has 0 fully saturated rings. The number of pyridine rings is 5. The summed E-state index contributed by atoms with van der Waals surface area (Å²) in [6, 6.07) is 29.4. The lowest BCUT2D eigenvalue weighted by Crippen LogP contribution is -2.34. The number of ether oxygens (including phenoxy) is 2. The number of anilines is 2. The normalized spacial score (nSPS) is 12.6. The van der Waals surface area contributed by atoms with Crippen molar-refractivity contribution in [2.24, 2.45) is 5.73 Å². The van der Waals surface area contributed by atoms with Crippen molar-refractivity contribution in [2.75, 3.05) is 30.0 Å². The Morgan fingerprint density at radius 2 is 1.01 bits per heavy atom. The quantitative estimate of drug-likeness (QED) is 0.0256. The number of fused-ring (bicyclic) bond motifs is 2. The highest BCUT2D eigenvalue weighted by Gasteiger charge is 2.49. The van der Waals surface area contributed by atoms with Gasteiger partial charge in [-0.05, 0) is 164 Å². The average molecular weight is 1740 g/mol. The number of nitrogens with one attached hydrogen (secondary N) is 1. The number of halogens is 8. The molecular formula is C78H72BrF7N14O8S6. The van der Waals surface area contributed by atoms with Crippen LogP contribution in [-0.2, 0) is 50.3 Å². The Hall–Kier alpha value is -10.8. The number of aryl methyl sites for hydroxylation is 4. The number of methoxy groups -OCH3 is 1. The van der Waals surface area contributed by atoms with Crippen LogP contribution in [0.3, 0.4) is 0 Å². The highest BCUT2D eigenvalue weighted by molar-refractivity contribution is 9.10. The Morgan fingerprint density at radius 3 is 1.41 bits per heavy atom. The number of aromatic amines is 1. The first-order valence-corrected chi connectivity index (χ1v) is 40.4. The fourth-order valence-corrected chi connectivity index (χ4v) is 15.6. The minimum Gasteiger partial charge on any atom is -0.492 e. The molecule has 2 aromatic carbocycles. The zero-order chi connectivity index (χ0) is 82.3. The van der Waals surface area contributed by atoms with Gasteiger partial charge in [0.15, 0.2) is 0 Å². The molecule has 0 saturated heterocycles. The molecule has 2 aliphatic heterocycles. The van der Waals surface area contributed by atoms with Gasteiger partial charge < -0.3 is 39.3 Å². The summed E-state index contributed by atoms with van der Waals surface area (Å²) < 4.78 is 132. The second kappa shape index (κ2) is 37.9. The van der Waals surface area contributed by atoms with Gasteiger partial charge in [0.2, 0.25) is 11.8 Å². The lowest BCUT2D eigenvalue weighted by atomic mass is 10.1. The molecule has 15 rings (SSSR count). The third-order valence-electron chi connectivity index (χ3n) is 16.5. The van der Waals surface area contributed by atoms with Gasteiger partial charge in [0.1, 0.15) is 70.4 Å². The lowest BCUT2D eigenvalue weighted by molar-refractivity contribution is -0.139. The number of alkyl halides is 4. The van der Waals surface area contributed by atoms with Gasteiger partial charge in [-0.15, -0.1) is 45.3 Å². The molecule has 0 bridgehead atoms. The van der Waals surface area contributed by atoms with E-state index in [0.717, 1.165) is 105 Å². The minimum absolute atomic E-state index is 0.00161. The van der Waals surface area contributed by atoms with Gasteiger partial charge in [0.05, 0.1) is 39.4 Å². The molecule has 1 unspecified atom stereocenters. The van der Waals surface area contributed by atoms with Crippen molar-refractivity contribution in [2.45, 2.75) is 97.3 Å². The third-order valence-corrected chi connectivity index (χ3v) is 22.1. The number of thiazole rings is 4. The fourth-order valence-electron chi connectivity index (χ4n) is 11.2. The Bertz CT molecular complexity index is 5540. The largest absolute Gasteiger partial charge is 0.534 e. The first-order valence-electron chi connectivity index (χ1n) is 34.4. The van der Waals surface area contributed by atoms with Crippen molar-refractivity contribution in [1.29, 1.82) is 0 Å². The van der Waals surface area contributed by atoms with E-state index >= 15 is 0 Å². The van der Waals surface area contributed by atoms with E-state index in [2.05, 4.69) is 81.4 Å². The number of benzene rings is 2. The monoisotopic (exact) mass is 1740 g/mol. The zero-order valence-electron chi connectivity index (χ0n) is 62.2. The Labute approximate surface area is 681 Å². The number of aromatic nitrogens is 11. The molecule has 2 aliphatic rings. The van der Waals surface area contributed by atoms with Crippen LogP contribution in [0.25, 0.3) is 64.8 Å². The molecule has 0 amide bonds. The van der Waals surface area contributed by atoms with E-state index in [1.165, 1.54) is 78.7 Å². The van der Waals surface area contributed by atoms with Gasteiger partial charge in [-0.1, -0.05) is 40.3 Å². The number of esters is 1. The summed E-state index contributed by atoms with van der Waals surface area (Å²) in [4.78, 5) is 71.8. The summed E-state index contributed by atoms with van der Waals surface area (Å²) in [6.07, 6.45) is 17.3. The molecular weight excluding hydrogens is 1670 g/mol. The highest BCUT2D eigenvalue weighted by atomic mass is 79.9. The van der Waals surface area contributed by atoms with Gasteiger partial charge in [-0.2, -0.15) is 21.6 Å². The van der Waals surface area contributed by atoms with E-state index in [1.807, 2.05) is 56.3 Å². The van der Waals surface area contributed by atoms with Gasteiger partial charge in [0, 0.05) is 150 Å². The molecule has 13 aromatic rings. The smallest absolute Gasteiger partial charge is 0.492 e. The topological polar surface area (TPSA) is 285 Å². The lowest BCUT2D eigenvalue weighted by Gasteiger charge is -2.29. The summed E-state index contributed by atoms with van der Waals surface area (Å²) in [5, 5.41) is 12.3. The molecule has 0 spiro atoms. The van der Waals surface area contributed by atoms with Crippen LogP contribution in [0.15, 0.2) is 171 Å². The molecule has 0 aliphatic carbocycles. The van der Waals surface area contributed by atoms with Crippen LogP contribution in [0.4, 0.5) is 47.2 Å². The van der Waals surface area contributed by atoms with E-state index in [0.29, 0.717) is 53.0 Å². The van der Waals surface area contributed by atoms with Crippen LogP contribution >= 0.6 is 73.5 Å². The van der Waals surface area contributed by atoms with Gasteiger partial charge in [0.25, 0.3) is 0 Å². The Kier molecular flexibility index (Phi) is 28.5. The standard InChI is InChI=1S/C27H26F2N4O2S.C22H18F2N4S.C10H7F3N2O3S2.C9H8N2OS.C6H6N2S.C4H7BrO2/c1-16-24(31-25(36-16)17-8-11-30-12-9-17)32-13-10-21-18(15-32)14-22(23-19(28)6-5-7-20(23)29)33(21)26(34)35-27(2,3)4;1-13-21(27-22(29-13)14-5-8-25-9-6-14)28-10-7-18-15(12-28)11-19(26-18)20-16(23)3-2-4-17(20)24;1-6-8(18-20(16,17)10(11,12)13)15-9(19-6)7-2-4-14-5-3-7;1-6-8(12)11-9(13-6)7-2-4-10-5-3-7;7-6(9)5-1-3-8-4-2-5;1-3(5)4(6)7-2/h5-9,11-12,14H,10,13,15H2,1-4H3;2-6,8-9,11,26H,7,10,12H2,1H3;2-5H,1H3;2-5,12H,1H3;1-4H,(H2,7,9);3H,1-2H3. The van der Waals surface area contributed by atoms with Gasteiger partial charge in [-0.3, -0.25) is 29.7 Å². The van der Waals surface area contributed by atoms with Crippen LogP contribution in [0.1, 0.15) is 75.3 Å².